The smallest absolute Gasteiger partial charge is 0.0244 e. The van der Waals surface area contributed by atoms with Crippen LogP contribution in [0.2, 0.25) is 0 Å². The largest absolute Gasteiger partial charge is 0.103 e. The van der Waals surface area contributed by atoms with Crippen LogP contribution in [0, 0.1) is 0 Å². The summed E-state index contributed by atoms with van der Waals surface area (Å²) < 4.78 is 0. The van der Waals surface area contributed by atoms with E-state index in [0.717, 1.165) is 12.8 Å². The first-order chi connectivity index (χ1) is 6.86. The Kier molecular flexibility index (Phi) is 4.49. The molecule has 0 heterocycles. The molecule has 0 saturated carbocycles. The van der Waals surface area contributed by atoms with E-state index in [2.05, 4.69) is 31.4 Å². The molecule has 0 heteroatoms. The van der Waals surface area contributed by atoms with Gasteiger partial charge in [-0.15, -0.1) is 6.58 Å². The van der Waals surface area contributed by atoms with Gasteiger partial charge in [-0.25, -0.2) is 0 Å². The Morgan fingerprint density at radius 2 is 1.86 bits per heavy atom. The predicted molar refractivity (Wildman–Crippen MR) is 64.0 cm³/mol. The summed E-state index contributed by atoms with van der Waals surface area (Å²) in [7, 11) is 0. The lowest BCUT2D eigenvalue weighted by molar-refractivity contribution is 1.02. The van der Waals surface area contributed by atoms with Crippen LogP contribution in [-0.2, 0) is 0 Å². The number of rotatable bonds is 5. The van der Waals surface area contributed by atoms with Crippen molar-refractivity contribution >= 4 is 6.08 Å². The third-order valence-electron chi connectivity index (χ3n) is 2.05. The van der Waals surface area contributed by atoms with E-state index in [0.29, 0.717) is 0 Å². The van der Waals surface area contributed by atoms with Crippen molar-refractivity contribution in [1.29, 1.82) is 0 Å². The topological polar surface area (TPSA) is 0 Å². The van der Waals surface area contributed by atoms with E-state index in [-0.39, 0.29) is 0 Å². The Hall–Kier alpha value is -1.56. The molecule has 0 radical (unpaired) electrons. The zero-order chi connectivity index (χ0) is 10.2. The Labute approximate surface area is 86.3 Å². The van der Waals surface area contributed by atoms with Crippen LogP contribution in [0.4, 0.5) is 0 Å². The molecular weight excluding hydrogens is 168 g/mol. The van der Waals surface area contributed by atoms with Crippen LogP contribution in [0.1, 0.15) is 18.4 Å². The molecule has 0 aliphatic rings. The highest BCUT2D eigenvalue weighted by Crippen LogP contribution is 2.12. The molecule has 0 unspecified atom stereocenters. The average molecular weight is 184 g/mol. The van der Waals surface area contributed by atoms with Gasteiger partial charge in [-0.3, -0.25) is 0 Å². The molecule has 72 valence electrons. The Balaban J connectivity index is 2.73. The van der Waals surface area contributed by atoms with Gasteiger partial charge in [0.15, 0.2) is 0 Å². The second kappa shape index (κ2) is 5.98. The van der Waals surface area contributed by atoms with Crippen molar-refractivity contribution < 1.29 is 0 Å². The van der Waals surface area contributed by atoms with E-state index in [4.69, 9.17) is 0 Å². The minimum Gasteiger partial charge on any atom is -0.103 e. The van der Waals surface area contributed by atoms with Crippen molar-refractivity contribution in [2.75, 3.05) is 0 Å². The summed E-state index contributed by atoms with van der Waals surface area (Å²) in [6, 6.07) is 10.3. The molecule has 0 atom stereocenters. The van der Waals surface area contributed by atoms with Gasteiger partial charge in [0, 0.05) is 0 Å². The lowest BCUT2D eigenvalue weighted by Gasteiger charge is -1.99. The monoisotopic (exact) mass is 184 g/mol. The summed E-state index contributed by atoms with van der Waals surface area (Å²) >= 11 is 0. The number of benzene rings is 1. The van der Waals surface area contributed by atoms with Crippen LogP contribution in [0.3, 0.4) is 0 Å². The van der Waals surface area contributed by atoms with E-state index in [1.807, 2.05) is 30.4 Å². The molecule has 0 aromatic heterocycles. The number of allylic oxidation sites excluding steroid dienone is 3. The van der Waals surface area contributed by atoms with Crippen molar-refractivity contribution in [2.24, 2.45) is 0 Å². The summed E-state index contributed by atoms with van der Waals surface area (Å²) in [5, 5.41) is 0. The Bertz CT molecular complexity index is 317. The second-order valence-corrected chi connectivity index (χ2v) is 3.16. The van der Waals surface area contributed by atoms with Crippen molar-refractivity contribution in [3.8, 4) is 0 Å². The van der Waals surface area contributed by atoms with Crippen LogP contribution in [0.5, 0.6) is 0 Å². The SMILES string of the molecule is C=CCCC(C=C)=Cc1ccccc1. The van der Waals surface area contributed by atoms with Gasteiger partial charge in [-0.2, -0.15) is 0 Å². The van der Waals surface area contributed by atoms with Gasteiger partial charge in [0.05, 0.1) is 0 Å². The molecule has 14 heavy (non-hydrogen) atoms. The van der Waals surface area contributed by atoms with Gasteiger partial charge in [0.25, 0.3) is 0 Å². The molecule has 0 amide bonds. The van der Waals surface area contributed by atoms with Crippen molar-refractivity contribution in [2.45, 2.75) is 12.8 Å². The van der Waals surface area contributed by atoms with E-state index in [1.165, 1.54) is 11.1 Å². The number of hydrogen-bond donors (Lipinski definition) is 0. The molecule has 0 aliphatic heterocycles. The van der Waals surface area contributed by atoms with E-state index >= 15 is 0 Å². The standard InChI is InChI=1S/C14H16/c1-3-5-9-13(4-2)12-14-10-7-6-8-11-14/h3-4,6-8,10-12H,1-2,5,9H2. The van der Waals surface area contributed by atoms with Crippen molar-refractivity contribution in [1.82, 2.24) is 0 Å². The molecule has 0 bridgehead atoms. The first-order valence-corrected chi connectivity index (χ1v) is 4.86. The maximum absolute atomic E-state index is 3.81. The summed E-state index contributed by atoms with van der Waals surface area (Å²) in [6.45, 7) is 7.52. The van der Waals surface area contributed by atoms with Crippen LogP contribution in [0.25, 0.3) is 6.08 Å². The molecule has 1 aromatic rings. The first kappa shape index (κ1) is 10.5. The van der Waals surface area contributed by atoms with Gasteiger partial charge < -0.3 is 0 Å². The van der Waals surface area contributed by atoms with Gasteiger partial charge >= 0.3 is 0 Å². The fraction of sp³-hybridized carbons (Fsp3) is 0.143. The highest BCUT2D eigenvalue weighted by Gasteiger charge is 1.91. The molecule has 0 nitrogen and oxygen atoms in total. The maximum Gasteiger partial charge on any atom is -0.0244 e. The summed E-state index contributed by atoms with van der Waals surface area (Å²) in [5.41, 5.74) is 2.49. The molecule has 1 rings (SSSR count). The zero-order valence-corrected chi connectivity index (χ0v) is 8.45. The highest BCUT2D eigenvalue weighted by atomic mass is 14.0. The zero-order valence-electron chi connectivity index (χ0n) is 8.45. The normalized spacial score (nSPS) is 11.0. The molecule has 0 saturated heterocycles. The van der Waals surface area contributed by atoms with Crippen LogP contribution < -0.4 is 0 Å². The lowest BCUT2D eigenvalue weighted by Crippen LogP contribution is -1.78. The molecule has 0 spiro atoms. The fourth-order valence-electron chi connectivity index (χ4n) is 1.27. The van der Waals surface area contributed by atoms with Crippen LogP contribution in [0.15, 0.2) is 61.2 Å². The second-order valence-electron chi connectivity index (χ2n) is 3.16. The minimum absolute atomic E-state index is 1.00. The van der Waals surface area contributed by atoms with Crippen LogP contribution >= 0.6 is 0 Å². The Morgan fingerprint density at radius 1 is 1.14 bits per heavy atom. The molecular formula is C14H16. The van der Waals surface area contributed by atoms with E-state index in [1.54, 1.807) is 0 Å². The van der Waals surface area contributed by atoms with E-state index < -0.39 is 0 Å². The minimum atomic E-state index is 1.00. The summed E-state index contributed by atoms with van der Waals surface area (Å²) in [6.07, 6.45) is 8.03. The first-order valence-electron chi connectivity index (χ1n) is 4.86. The number of hydrogen-bond acceptors (Lipinski definition) is 0. The summed E-state index contributed by atoms with van der Waals surface area (Å²) in [4.78, 5) is 0. The van der Waals surface area contributed by atoms with Gasteiger partial charge in [-0.1, -0.05) is 55.1 Å². The van der Waals surface area contributed by atoms with Gasteiger partial charge in [0.2, 0.25) is 0 Å². The van der Waals surface area contributed by atoms with Crippen LogP contribution in [-0.4, -0.2) is 0 Å². The van der Waals surface area contributed by atoms with Gasteiger partial charge in [0.1, 0.15) is 0 Å². The van der Waals surface area contributed by atoms with Crippen molar-refractivity contribution in [3.05, 3.63) is 66.8 Å². The fourth-order valence-corrected chi connectivity index (χ4v) is 1.27. The maximum atomic E-state index is 3.81. The molecule has 0 aliphatic carbocycles. The third-order valence-corrected chi connectivity index (χ3v) is 2.05. The Morgan fingerprint density at radius 3 is 2.43 bits per heavy atom. The quantitative estimate of drug-likeness (QED) is 0.474. The van der Waals surface area contributed by atoms with Gasteiger partial charge in [-0.05, 0) is 24.0 Å². The molecule has 0 N–H and O–H groups in total. The highest BCUT2D eigenvalue weighted by molar-refractivity contribution is 5.55. The van der Waals surface area contributed by atoms with Crippen molar-refractivity contribution in [3.63, 3.8) is 0 Å². The average Bonchev–Trinajstić information content (AvgIpc) is 2.25. The summed E-state index contributed by atoms with van der Waals surface area (Å²) in [5.74, 6) is 0. The molecule has 1 aromatic carbocycles. The predicted octanol–water partition coefficient (Wildman–Crippen LogP) is 4.22. The molecule has 0 fully saturated rings. The van der Waals surface area contributed by atoms with E-state index in [9.17, 15) is 0 Å². The lowest BCUT2D eigenvalue weighted by atomic mass is 10.1. The third kappa shape index (κ3) is 3.44.